The number of hydrogen-bond donors (Lipinski definition) is 0. The molecule has 0 bridgehead atoms. The summed E-state index contributed by atoms with van der Waals surface area (Å²) < 4.78 is 0. The standard InChI is InChI=1S/C4H11N.CH4.I2/c1-4-5(2)3;;1-2/h4H2,1-3H3;1H4;. The summed E-state index contributed by atoms with van der Waals surface area (Å²) in [5.41, 5.74) is 0. The van der Waals surface area contributed by atoms with Crippen molar-refractivity contribution in [2.24, 2.45) is 0 Å². The maximum atomic E-state index is 2.12. The molecule has 0 aliphatic heterocycles. The van der Waals surface area contributed by atoms with Gasteiger partial charge in [0.25, 0.3) is 0 Å². The minimum Gasteiger partial charge on any atom is -0.310 e. The largest absolute Gasteiger partial charge is 0.310 e. The Morgan fingerprint density at radius 2 is 1.38 bits per heavy atom. The van der Waals surface area contributed by atoms with Gasteiger partial charge in [0.15, 0.2) is 0 Å². The SMILES string of the molecule is C.CCN(C)C.II. The Bertz CT molecular complexity index is 24.4. The molecule has 0 aromatic rings. The lowest BCUT2D eigenvalue weighted by Crippen LogP contribution is -2.08. The van der Waals surface area contributed by atoms with Gasteiger partial charge in [-0.1, -0.05) is 14.4 Å². The summed E-state index contributed by atoms with van der Waals surface area (Å²) in [6.45, 7) is 3.26. The van der Waals surface area contributed by atoms with Crippen LogP contribution < -0.4 is 0 Å². The summed E-state index contributed by atoms with van der Waals surface area (Å²) in [7, 11) is 4.11. The van der Waals surface area contributed by atoms with Gasteiger partial charge in [-0.25, -0.2) is 0 Å². The van der Waals surface area contributed by atoms with Crippen LogP contribution in [0.25, 0.3) is 0 Å². The number of halogens is 2. The molecule has 0 amide bonds. The lowest BCUT2D eigenvalue weighted by Gasteiger charge is -2.00. The molecule has 0 unspecified atom stereocenters. The third-order valence-corrected chi connectivity index (χ3v) is 0.632. The second-order valence-corrected chi connectivity index (χ2v) is 1.40. The molecule has 0 fully saturated rings. The monoisotopic (exact) mass is 343 g/mol. The summed E-state index contributed by atoms with van der Waals surface area (Å²) in [5, 5.41) is 0. The molecule has 54 valence electrons. The van der Waals surface area contributed by atoms with Crippen LogP contribution in [0.3, 0.4) is 0 Å². The van der Waals surface area contributed by atoms with Gasteiger partial charge in [0.1, 0.15) is 0 Å². The molecule has 0 spiro atoms. The van der Waals surface area contributed by atoms with Gasteiger partial charge in [-0.3, -0.25) is 0 Å². The van der Waals surface area contributed by atoms with Crippen molar-refractivity contribution in [2.75, 3.05) is 20.6 Å². The predicted molar refractivity (Wildman–Crippen MR) is 59.0 cm³/mol. The number of rotatable bonds is 1. The molecule has 0 saturated carbocycles. The molecule has 3 heteroatoms. The Balaban J connectivity index is -0.0000000750. The van der Waals surface area contributed by atoms with Gasteiger partial charge in [-0.15, -0.1) is 0 Å². The number of hydrogen-bond acceptors (Lipinski definition) is 1. The van der Waals surface area contributed by atoms with Crippen molar-refractivity contribution in [3.63, 3.8) is 0 Å². The van der Waals surface area contributed by atoms with Crippen molar-refractivity contribution in [1.82, 2.24) is 4.90 Å². The van der Waals surface area contributed by atoms with E-state index in [1.165, 1.54) is 0 Å². The molecule has 0 aromatic carbocycles. The summed E-state index contributed by atoms with van der Waals surface area (Å²) in [6, 6.07) is 0. The van der Waals surface area contributed by atoms with Crippen LogP contribution >= 0.6 is 37.2 Å². The Hall–Kier alpha value is 1.42. The molecule has 0 N–H and O–H groups in total. The fourth-order valence-corrected chi connectivity index (χ4v) is 0. The van der Waals surface area contributed by atoms with Gasteiger partial charge >= 0.3 is 0 Å². The highest BCUT2D eigenvalue weighted by Gasteiger charge is 1.72. The van der Waals surface area contributed by atoms with Crippen LogP contribution in [0.5, 0.6) is 0 Å². The van der Waals surface area contributed by atoms with Crippen LogP contribution in [0.4, 0.5) is 0 Å². The molecule has 0 rings (SSSR count). The molecule has 0 atom stereocenters. The maximum absolute atomic E-state index is 2.12. The number of nitrogens with zero attached hydrogens (tertiary/aromatic N) is 1. The van der Waals surface area contributed by atoms with E-state index in [1.54, 1.807) is 0 Å². The molecular weight excluding hydrogens is 328 g/mol. The van der Waals surface area contributed by atoms with Gasteiger partial charge < -0.3 is 4.90 Å². The first-order chi connectivity index (χ1) is 3.27. The molecule has 8 heavy (non-hydrogen) atoms. The van der Waals surface area contributed by atoms with Gasteiger partial charge in [-0.2, -0.15) is 0 Å². The van der Waals surface area contributed by atoms with E-state index in [2.05, 4.69) is 63.2 Å². The molecular formula is C5H15I2N. The molecule has 0 radical (unpaired) electrons. The molecule has 1 nitrogen and oxygen atoms in total. The Morgan fingerprint density at radius 1 is 1.25 bits per heavy atom. The molecule has 0 aromatic heterocycles. The summed E-state index contributed by atoms with van der Waals surface area (Å²) in [4.78, 5) is 2.12. The average molecular weight is 343 g/mol. The normalized spacial score (nSPS) is 6.75. The van der Waals surface area contributed by atoms with E-state index in [0.717, 1.165) is 6.54 Å². The molecule has 0 aliphatic carbocycles. The van der Waals surface area contributed by atoms with E-state index in [4.69, 9.17) is 0 Å². The van der Waals surface area contributed by atoms with E-state index < -0.39 is 0 Å². The third kappa shape index (κ3) is 26.1. The maximum Gasteiger partial charge on any atom is 0 e. The van der Waals surface area contributed by atoms with Crippen molar-refractivity contribution < 1.29 is 0 Å². The highest BCUT2D eigenvalue weighted by atomic mass is 128. The van der Waals surface area contributed by atoms with Crippen molar-refractivity contribution in [3.05, 3.63) is 0 Å². The van der Waals surface area contributed by atoms with Crippen molar-refractivity contribution in [1.29, 1.82) is 0 Å². The second-order valence-electron chi connectivity index (χ2n) is 1.40. The lowest BCUT2D eigenvalue weighted by atomic mass is 10.7. The van der Waals surface area contributed by atoms with E-state index in [9.17, 15) is 0 Å². The van der Waals surface area contributed by atoms with Crippen LogP contribution in [0, 0.1) is 0 Å². The zero-order chi connectivity index (χ0) is 6.28. The van der Waals surface area contributed by atoms with Gasteiger partial charge in [0.05, 0.1) is 0 Å². The van der Waals surface area contributed by atoms with Crippen molar-refractivity contribution >= 4 is 37.2 Å². The van der Waals surface area contributed by atoms with Crippen LogP contribution in [0.15, 0.2) is 0 Å². The minimum absolute atomic E-state index is 0. The van der Waals surface area contributed by atoms with Crippen LogP contribution in [-0.2, 0) is 0 Å². The first-order valence-electron chi connectivity index (χ1n) is 2.06. The Kier molecular flexibility index (Phi) is 32.0. The zero-order valence-electron chi connectivity index (χ0n) is 4.91. The third-order valence-electron chi connectivity index (χ3n) is 0.632. The summed E-state index contributed by atoms with van der Waals surface area (Å²) in [6.07, 6.45) is 0. The van der Waals surface area contributed by atoms with Crippen LogP contribution in [0.1, 0.15) is 14.4 Å². The average Bonchev–Trinajstić information content (AvgIpc) is 1.73. The van der Waals surface area contributed by atoms with E-state index in [1.807, 2.05) is 0 Å². The second kappa shape index (κ2) is 15.8. The van der Waals surface area contributed by atoms with Crippen LogP contribution in [-0.4, -0.2) is 25.5 Å². The summed E-state index contributed by atoms with van der Waals surface area (Å²) in [5.74, 6) is 0. The topological polar surface area (TPSA) is 3.24 Å². The smallest absolute Gasteiger partial charge is 0 e. The Labute approximate surface area is 76.5 Å². The highest BCUT2D eigenvalue weighted by Crippen LogP contribution is 1.89. The minimum atomic E-state index is 0. The van der Waals surface area contributed by atoms with E-state index in [0.29, 0.717) is 0 Å². The fraction of sp³-hybridized carbons (Fsp3) is 1.00. The van der Waals surface area contributed by atoms with Gasteiger partial charge in [-0.05, 0) is 20.6 Å². The highest BCUT2D eigenvalue weighted by molar-refractivity contribution is 15.0. The zero-order valence-corrected chi connectivity index (χ0v) is 9.23. The van der Waals surface area contributed by atoms with Gasteiger partial charge in [0, 0.05) is 37.2 Å². The van der Waals surface area contributed by atoms with Crippen molar-refractivity contribution in [2.45, 2.75) is 14.4 Å². The molecule has 0 heterocycles. The van der Waals surface area contributed by atoms with Crippen molar-refractivity contribution in [3.8, 4) is 0 Å². The summed E-state index contributed by atoms with van der Waals surface area (Å²) >= 11 is 4.24. The fourth-order valence-electron chi connectivity index (χ4n) is 0. The Morgan fingerprint density at radius 3 is 1.38 bits per heavy atom. The first kappa shape index (κ1) is 16.2. The molecule has 0 saturated heterocycles. The van der Waals surface area contributed by atoms with E-state index in [-0.39, 0.29) is 7.43 Å². The molecule has 0 aliphatic rings. The van der Waals surface area contributed by atoms with Gasteiger partial charge in [0.2, 0.25) is 0 Å². The van der Waals surface area contributed by atoms with Crippen LogP contribution in [0.2, 0.25) is 0 Å². The van der Waals surface area contributed by atoms with E-state index >= 15 is 0 Å². The predicted octanol–water partition coefficient (Wildman–Crippen LogP) is 2.98. The lowest BCUT2D eigenvalue weighted by molar-refractivity contribution is 0.434. The quantitative estimate of drug-likeness (QED) is 0.662. The first-order valence-corrected chi connectivity index (χ1v) is 8.35.